The molecule has 4 N–H and O–H groups in total. The average Bonchev–Trinajstić information content (AvgIpc) is 3.42. The van der Waals surface area contributed by atoms with Crippen LogP contribution in [0.1, 0.15) is 122 Å². The van der Waals surface area contributed by atoms with Gasteiger partial charge in [-0.05, 0) is 112 Å². The van der Waals surface area contributed by atoms with Crippen LogP contribution in [0.4, 0.5) is 35.1 Å². The molecular weight excluding hydrogens is 839 g/mol. The van der Waals surface area contributed by atoms with Crippen molar-refractivity contribution in [3.63, 3.8) is 0 Å². The summed E-state index contributed by atoms with van der Waals surface area (Å²) >= 11 is 0. The van der Waals surface area contributed by atoms with E-state index in [1.807, 2.05) is 0 Å². The van der Waals surface area contributed by atoms with E-state index in [0.29, 0.717) is 22.1 Å². The van der Waals surface area contributed by atoms with Gasteiger partial charge in [-0.1, -0.05) is 44.1 Å². The molecule has 20 heteroatoms. The van der Waals surface area contributed by atoms with Crippen molar-refractivity contribution in [2.75, 3.05) is 5.73 Å². The average molecular weight is 901 g/mol. The number of hydrogen-bond donors (Lipinski definition) is 3. The first-order valence-corrected chi connectivity index (χ1v) is 18.8. The number of fused-ring (bicyclic) bond motifs is 1. The van der Waals surface area contributed by atoms with Gasteiger partial charge >= 0.3 is 75.8 Å². The fourth-order valence-electron chi connectivity index (χ4n) is 3.88. The zero-order chi connectivity index (χ0) is 47.9. The molecule has 0 bridgehead atoms. The Kier molecular flexibility index (Phi) is 24.1. The number of hydroxylamine groups is 1. The van der Waals surface area contributed by atoms with Crippen LogP contribution in [0.25, 0.3) is 15.8 Å². The minimum absolute atomic E-state index is 0. The number of rotatable bonds is 4. The Labute approximate surface area is 406 Å². The number of anilines is 1. The number of nitrogens with zero attached hydrogens (tertiary/aromatic N) is 4. The van der Waals surface area contributed by atoms with Gasteiger partial charge in [0.25, 0.3) is 0 Å². The molecule has 0 saturated carbocycles. The van der Waals surface area contributed by atoms with Crippen molar-refractivity contribution in [1.29, 1.82) is 0 Å². The summed E-state index contributed by atoms with van der Waals surface area (Å²) in [5, 5.41) is 21.9. The molecule has 0 aliphatic heterocycles. The van der Waals surface area contributed by atoms with Gasteiger partial charge in [0.2, 0.25) is 11.6 Å². The Morgan fingerprint density at radius 3 is 1.35 bits per heavy atom. The molecule has 0 radical (unpaired) electrons. The largest absolute Gasteiger partial charge is 1.00 e. The third kappa shape index (κ3) is 26.9. The zero-order valence-electron chi connectivity index (χ0n) is 39.1. The van der Waals surface area contributed by atoms with Gasteiger partial charge in [-0.3, -0.25) is 10.0 Å². The van der Waals surface area contributed by atoms with Crippen molar-refractivity contribution in [3.05, 3.63) is 64.8 Å². The molecule has 0 saturated heterocycles. The van der Waals surface area contributed by atoms with Crippen LogP contribution in [-0.2, 0) is 36.8 Å². The molecule has 0 unspecified atom stereocenters. The standard InChI is InChI=1S/C18H23FN2O4.C18H25N3O5.C4H9O.C2H5NO2.K/c1-17(2,3)24-15(22)21(16(23)25-18(4,5)6)11-12-8-9-14(20-7)13(19)10-12;1-17(2,3)24-15(22)21(16(23)25-18(4,5)6)10-11-7-8-13-12(9-11)14(19)20-26-13;1-4(2,3)5;1-2(4)3-5;/h8-10H,11H2,1-6H3;7-9H,10H2,1-6H3,(H2,19,20);1-3H3;5H,1H3,(H,3,4);/q;;-1;;+1. The Morgan fingerprint density at radius 2 is 1.06 bits per heavy atom. The molecule has 1 aromatic heterocycles. The maximum Gasteiger partial charge on any atom is 1.00 e. The fraction of sp³-hybridized carbons (Fsp3) is 0.548. The van der Waals surface area contributed by atoms with E-state index in [2.05, 4.69) is 10.0 Å². The van der Waals surface area contributed by atoms with Gasteiger partial charge in [-0.25, -0.2) is 43.7 Å². The number of hydrogen-bond acceptors (Lipinski definition) is 14. The van der Waals surface area contributed by atoms with Crippen molar-refractivity contribution in [2.45, 2.75) is 152 Å². The third-order valence-electron chi connectivity index (χ3n) is 5.99. The zero-order valence-corrected chi connectivity index (χ0v) is 42.2. The number of halogens is 1. The maximum absolute atomic E-state index is 13.8. The van der Waals surface area contributed by atoms with Gasteiger partial charge in [0.05, 0.1) is 25.0 Å². The second kappa shape index (κ2) is 25.1. The van der Waals surface area contributed by atoms with Gasteiger partial charge in [0, 0.05) is 6.92 Å². The quantitative estimate of drug-likeness (QED) is 0.0924. The molecule has 18 nitrogen and oxygen atoms in total. The molecule has 2 aromatic carbocycles. The molecule has 340 valence electrons. The normalized spacial score (nSPS) is 11.2. The Morgan fingerprint density at radius 1 is 0.742 bits per heavy atom. The number of carbonyl (C=O) groups excluding carboxylic acids is 5. The Balaban J connectivity index is 0. The summed E-state index contributed by atoms with van der Waals surface area (Å²) in [5.41, 5.74) is 4.66. The van der Waals surface area contributed by atoms with E-state index in [1.54, 1.807) is 122 Å². The molecule has 0 aliphatic rings. The van der Waals surface area contributed by atoms with Crippen LogP contribution in [-0.4, -0.2) is 78.4 Å². The number of benzene rings is 2. The second-order valence-electron chi connectivity index (χ2n) is 18.2. The number of imide groups is 2. The summed E-state index contributed by atoms with van der Waals surface area (Å²) < 4.78 is 40.0. The first-order chi connectivity index (χ1) is 27.4. The van der Waals surface area contributed by atoms with Gasteiger partial charge in [0.15, 0.2) is 11.4 Å². The summed E-state index contributed by atoms with van der Waals surface area (Å²) in [6, 6.07) is 8.97. The van der Waals surface area contributed by atoms with E-state index >= 15 is 0 Å². The molecular formula is C42H62FKN6O12. The molecule has 0 fully saturated rings. The van der Waals surface area contributed by atoms with Crippen LogP contribution in [0, 0.1) is 12.4 Å². The number of nitrogen functional groups attached to an aromatic ring is 1. The van der Waals surface area contributed by atoms with Crippen LogP contribution in [0.15, 0.2) is 40.9 Å². The number of amides is 5. The molecule has 5 amide bonds. The first-order valence-electron chi connectivity index (χ1n) is 18.8. The number of aromatic nitrogens is 1. The molecule has 3 aromatic rings. The van der Waals surface area contributed by atoms with E-state index in [9.17, 15) is 33.5 Å². The summed E-state index contributed by atoms with van der Waals surface area (Å²) in [5.74, 6) is -0.922. The number of nitrogens with one attached hydrogen (secondary N) is 1. The molecule has 3 rings (SSSR count). The van der Waals surface area contributed by atoms with Crippen molar-refractivity contribution in [3.8, 4) is 0 Å². The summed E-state index contributed by atoms with van der Waals surface area (Å²) in [7, 11) is 0. The minimum Gasteiger partial charge on any atom is -0.850 e. The molecule has 62 heavy (non-hydrogen) atoms. The maximum atomic E-state index is 13.8. The fourth-order valence-corrected chi connectivity index (χ4v) is 3.88. The summed E-state index contributed by atoms with van der Waals surface area (Å²) in [6.45, 7) is 33.1. The van der Waals surface area contributed by atoms with Gasteiger partial charge in [-0.15, -0.1) is 5.60 Å². The van der Waals surface area contributed by atoms with Crippen molar-refractivity contribution < 1.29 is 114 Å². The Bertz CT molecular complexity index is 1940. The van der Waals surface area contributed by atoms with E-state index in [4.69, 9.17) is 41.0 Å². The predicted molar refractivity (Wildman–Crippen MR) is 222 cm³/mol. The van der Waals surface area contributed by atoms with Crippen LogP contribution in [0.2, 0.25) is 0 Å². The number of nitrogens with two attached hydrogens (primary N) is 1. The van der Waals surface area contributed by atoms with Crippen molar-refractivity contribution in [2.24, 2.45) is 0 Å². The second-order valence-corrected chi connectivity index (χ2v) is 18.2. The van der Waals surface area contributed by atoms with Crippen LogP contribution >= 0.6 is 0 Å². The topological polar surface area (TPSA) is 240 Å². The van der Waals surface area contributed by atoms with E-state index in [1.165, 1.54) is 24.5 Å². The summed E-state index contributed by atoms with van der Waals surface area (Å²) in [6.07, 6.45) is -3.36. The SMILES string of the molecule is CC(=O)NO.CC(C)(C)OC(=O)N(Cc1ccc2onc(N)c2c1)C(=O)OC(C)(C)C.CC(C)(C)[O-].[C-]#[N+]c1ccc(CN(C(=O)OC(C)(C)C)C(=O)OC(C)(C)C)cc1F.[K+]. The monoisotopic (exact) mass is 900 g/mol. The van der Waals surface area contributed by atoms with Crippen molar-refractivity contribution in [1.82, 2.24) is 20.4 Å². The van der Waals surface area contributed by atoms with Crippen LogP contribution in [0.5, 0.6) is 0 Å². The van der Waals surface area contributed by atoms with Gasteiger partial charge in [0.1, 0.15) is 28.2 Å². The smallest absolute Gasteiger partial charge is 0.850 e. The van der Waals surface area contributed by atoms with E-state index in [0.717, 1.165) is 15.9 Å². The van der Waals surface area contributed by atoms with Crippen LogP contribution < -0.4 is 67.7 Å². The Hall–Kier alpha value is -4.36. The molecule has 1 heterocycles. The van der Waals surface area contributed by atoms with E-state index in [-0.39, 0.29) is 76.0 Å². The van der Waals surface area contributed by atoms with Gasteiger partial charge in [-0.2, -0.15) is 0 Å². The first kappa shape index (κ1) is 59.7. The molecule has 0 spiro atoms. The number of ether oxygens (including phenoxy) is 4. The summed E-state index contributed by atoms with van der Waals surface area (Å²) in [4.78, 5) is 63.9. The predicted octanol–water partition coefficient (Wildman–Crippen LogP) is 5.79. The molecule has 0 atom stereocenters. The van der Waals surface area contributed by atoms with E-state index < -0.39 is 64.1 Å². The van der Waals surface area contributed by atoms with Gasteiger partial charge < -0.3 is 34.3 Å². The van der Waals surface area contributed by atoms with Crippen molar-refractivity contribution >= 4 is 52.8 Å². The molecule has 0 aliphatic carbocycles. The van der Waals surface area contributed by atoms with Crippen LogP contribution in [0.3, 0.4) is 0 Å². The minimum atomic E-state index is -0.892. The number of carbonyl (C=O) groups is 5. The third-order valence-corrected chi connectivity index (χ3v) is 5.99.